The van der Waals surface area contributed by atoms with Crippen molar-refractivity contribution in [1.29, 1.82) is 0 Å². The Hall–Kier alpha value is -2.11. The quantitative estimate of drug-likeness (QED) is 0.708. The highest BCUT2D eigenvalue weighted by Crippen LogP contribution is 2.17. The maximum Gasteiger partial charge on any atom is 0.305 e. The smallest absolute Gasteiger partial charge is 0.305 e. The Morgan fingerprint density at radius 2 is 2.24 bits per heavy atom. The SMILES string of the molecule is Bc1ccc2ncnc(NCCC(=O)O)c2c1. The molecule has 1 aromatic heterocycles. The van der Waals surface area contributed by atoms with E-state index in [2.05, 4.69) is 15.3 Å². The van der Waals surface area contributed by atoms with Crippen molar-refractivity contribution in [3.63, 3.8) is 0 Å². The molecule has 0 atom stereocenters. The third-order valence-electron chi connectivity index (χ3n) is 2.42. The summed E-state index contributed by atoms with van der Waals surface area (Å²) in [6.07, 6.45) is 1.54. The van der Waals surface area contributed by atoms with Gasteiger partial charge in [0, 0.05) is 11.9 Å². The summed E-state index contributed by atoms with van der Waals surface area (Å²) in [5.41, 5.74) is 1.97. The average Bonchev–Trinajstić information content (AvgIpc) is 2.29. The fourth-order valence-electron chi connectivity index (χ4n) is 1.60. The Morgan fingerprint density at radius 3 is 3.00 bits per heavy atom. The van der Waals surface area contributed by atoms with Gasteiger partial charge in [-0.25, -0.2) is 9.97 Å². The molecule has 0 aliphatic rings. The number of benzene rings is 1. The van der Waals surface area contributed by atoms with Gasteiger partial charge in [-0.05, 0) is 6.07 Å². The van der Waals surface area contributed by atoms with Crippen molar-refractivity contribution in [2.45, 2.75) is 6.42 Å². The van der Waals surface area contributed by atoms with Crippen molar-refractivity contribution >= 4 is 36.0 Å². The lowest BCUT2D eigenvalue weighted by Crippen LogP contribution is -2.10. The first-order valence-electron chi connectivity index (χ1n) is 5.34. The van der Waals surface area contributed by atoms with Crippen LogP contribution in [0.15, 0.2) is 24.5 Å². The molecule has 0 saturated heterocycles. The molecule has 2 aromatic rings. The summed E-state index contributed by atoms with van der Waals surface area (Å²) >= 11 is 0. The molecule has 0 aliphatic carbocycles. The van der Waals surface area contributed by atoms with Crippen LogP contribution >= 0.6 is 0 Å². The number of hydrogen-bond acceptors (Lipinski definition) is 4. The summed E-state index contributed by atoms with van der Waals surface area (Å²) < 4.78 is 0. The normalized spacial score (nSPS) is 10.4. The topological polar surface area (TPSA) is 75.1 Å². The molecule has 5 nitrogen and oxygen atoms in total. The molecule has 0 aliphatic heterocycles. The van der Waals surface area contributed by atoms with Crippen molar-refractivity contribution in [3.8, 4) is 0 Å². The van der Waals surface area contributed by atoms with E-state index in [-0.39, 0.29) is 6.42 Å². The summed E-state index contributed by atoms with van der Waals surface area (Å²) in [6.45, 7) is 0.357. The van der Waals surface area contributed by atoms with Gasteiger partial charge >= 0.3 is 5.97 Å². The summed E-state index contributed by atoms with van der Waals surface area (Å²) in [7, 11) is 1.99. The Labute approximate surface area is 99.3 Å². The van der Waals surface area contributed by atoms with Crippen LogP contribution in [0.2, 0.25) is 0 Å². The number of rotatable bonds is 4. The molecule has 0 bridgehead atoms. The first-order valence-corrected chi connectivity index (χ1v) is 5.34. The Bertz CT molecular complexity index is 559. The van der Waals surface area contributed by atoms with Crippen molar-refractivity contribution in [2.24, 2.45) is 0 Å². The van der Waals surface area contributed by atoms with Crippen LogP contribution in [-0.4, -0.2) is 35.4 Å². The first-order chi connectivity index (χ1) is 8.16. The molecule has 2 rings (SSSR count). The first kappa shape index (κ1) is 11.4. The van der Waals surface area contributed by atoms with E-state index in [1.165, 1.54) is 6.33 Å². The van der Waals surface area contributed by atoms with E-state index in [0.717, 1.165) is 16.4 Å². The van der Waals surface area contributed by atoms with Crippen LogP contribution in [0, 0.1) is 0 Å². The summed E-state index contributed by atoms with van der Waals surface area (Å²) in [4.78, 5) is 18.7. The zero-order chi connectivity index (χ0) is 12.3. The highest BCUT2D eigenvalue weighted by molar-refractivity contribution is 6.33. The Balaban J connectivity index is 2.27. The largest absolute Gasteiger partial charge is 0.481 e. The van der Waals surface area contributed by atoms with Crippen LogP contribution in [0.5, 0.6) is 0 Å². The average molecular weight is 229 g/mol. The van der Waals surface area contributed by atoms with E-state index in [1.54, 1.807) is 0 Å². The Morgan fingerprint density at radius 1 is 1.41 bits per heavy atom. The van der Waals surface area contributed by atoms with Crippen molar-refractivity contribution in [1.82, 2.24) is 9.97 Å². The molecular formula is C11H12BN3O2. The van der Waals surface area contributed by atoms with E-state index >= 15 is 0 Å². The molecule has 0 amide bonds. The molecule has 0 unspecified atom stereocenters. The van der Waals surface area contributed by atoms with E-state index < -0.39 is 5.97 Å². The number of nitrogens with zero attached hydrogens (tertiary/aromatic N) is 2. The minimum absolute atomic E-state index is 0.0668. The van der Waals surface area contributed by atoms with Crippen LogP contribution in [-0.2, 0) is 4.79 Å². The number of aromatic nitrogens is 2. The standard InChI is InChI=1S/C11H12BN3O2/c12-7-1-2-9-8(5-7)11(15-6-14-9)13-4-3-10(16)17/h1-2,5-6H,3-4,12H2,(H,16,17)(H,13,14,15). The van der Waals surface area contributed by atoms with Gasteiger partial charge in [-0.3, -0.25) is 4.79 Å². The van der Waals surface area contributed by atoms with E-state index in [4.69, 9.17) is 5.11 Å². The number of aliphatic carboxylic acids is 1. The van der Waals surface area contributed by atoms with E-state index in [1.807, 2.05) is 26.0 Å². The van der Waals surface area contributed by atoms with Gasteiger partial charge in [0.1, 0.15) is 20.0 Å². The lowest BCUT2D eigenvalue weighted by atomic mass is 9.95. The monoisotopic (exact) mass is 229 g/mol. The molecule has 0 fully saturated rings. The summed E-state index contributed by atoms with van der Waals surface area (Å²) in [5, 5.41) is 12.5. The van der Waals surface area contributed by atoms with Crippen LogP contribution in [0.3, 0.4) is 0 Å². The number of carbonyl (C=O) groups is 1. The maximum atomic E-state index is 10.4. The predicted molar refractivity (Wildman–Crippen MR) is 68.5 cm³/mol. The number of anilines is 1. The minimum atomic E-state index is -0.827. The van der Waals surface area contributed by atoms with Crippen molar-refractivity contribution in [3.05, 3.63) is 24.5 Å². The third-order valence-corrected chi connectivity index (χ3v) is 2.42. The van der Waals surface area contributed by atoms with Crippen LogP contribution in [0.25, 0.3) is 10.9 Å². The highest BCUT2D eigenvalue weighted by atomic mass is 16.4. The van der Waals surface area contributed by atoms with Gasteiger partial charge < -0.3 is 10.4 Å². The van der Waals surface area contributed by atoms with Gasteiger partial charge in [0.25, 0.3) is 0 Å². The fourth-order valence-corrected chi connectivity index (χ4v) is 1.60. The zero-order valence-corrected chi connectivity index (χ0v) is 9.47. The molecule has 0 saturated carbocycles. The second kappa shape index (κ2) is 4.82. The van der Waals surface area contributed by atoms with E-state index in [0.29, 0.717) is 12.4 Å². The van der Waals surface area contributed by atoms with Gasteiger partial charge in [0.15, 0.2) is 0 Å². The zero-order valence-electron chi connectivity index (χ0n) is 9.47. The van der Waals surface area contributed by atoms with Gasteiger partial charge in [-0.1, -0.05) is 17.6 Å². The molecule has 2 N–H and O–H groups in total. The summed E-state index contributed by atoms with van der Waals surface area (Å²) in [5.74, 6) is -0.146. The van der Waals surface area contributed by atoms with Crippen molar-refractivity contribution < 1.29 is 9.90 Å². The number of fused-ring (bicyclic) bond motifs is 1. The second-order valence-corrected chi connectivity index (χ2v) is 3.81. The van der Waals surface area contributed by atoms with E-state index in [9.17, 15) is 4.79 Å². The highest BCUT2D eigenvalue weighted by Gasteiger charge is 2.04. The molecule has 86 valence electrons. The molecule has 1 heterocycles. The molecule has 17 heavy (non-hydrogen) atoms. The second-order valence-electron chi connectivity index (χ2n) is 3.81. The maximum absolute atomic E-state index is 10.4. The molecule has 6 heteroatoms. The lowest BCUT2D eigenvalue weighted by molar-refractivity contribution is -0.136. The Kier molecular flexibility index (Phi) is 3.23. The number of carboxylic acids is 1. The lowest BCUT2D eigenvalue weighted by Gasteiger charge is -2.07. The van der Waals surface area contributed by atoms with Crippen LogP contribution < -0.4 is 10.8 Å². The van der Waals surface area contributed by atoms with Crippen molar-refractivity contribution in [2.75, 3.05) is 11.9 Å². The third kappa shape index (κ3) is 2.72. The molecular weight excluding hydrogens is 217 g/mol. The predicted octanol–water partition coefficient (Wildman–Crippen LogP) is -0.225. The van der Waals surface area contributed by atoms with Gasteiger partial charge in [-0.15, -0.1) is 0 Å². The number of carboxylic acid groups (broad SMARTS) is 1. The van der Waals surface area contributed by atoms with Gasteiger partial charge in [-0.2, -0.15) is 0 Å². The van der Waals surface area contributed by atoms with Crippen LogP contribution in [0.4, 0.5) is 5.82 Å². The van der Waals surface area contributed by atoms with Crippen LogP contribution in [0.1, 0.15) is 6.42 Å². The molecule has 1 aromatic carbocycles. The number of hydrogen-bond donors (Lipinski definition) is 2. The minimum Gasteiger partial charge on any atom is -0.481 e. The molecule has 0 spiro atoms. The number of nitrogens with one attached hydrogen (secondary N) is 1. The summed E-state index contributed by atoms with van der Waals surface area (Å²) in [6, 6.07) is 5.89. The molecule has 0 radical (unpaired) electrons. The van der Waals surface area contributed by atoms with Gasteiger partial charge in [0.05, 0.1) is 11.9 Å². The van der Waals surface area contributed by atoms with Gasteiger partial charge in [0.2, 0.25) is 0 Å². The fraction of sp³-hybridized carbons (Fsp3) is 0.182.